The summed E-state index contributed by atoms with van der Waals surface area (Å²) in [7, 11) is 1.60. The summed E-state index contributed by atoms with van der Waals surface area (Å²) in [5, 5.41) is 16.6. The molecule has 162 valence electrons. The number of hydrogen-bond donors (Lipinski definition) is 2. The van der Waals surface area contributed by atoms with Crippen LogP contribution in [0.25, 0.3) is 10.9 Å². The monoisotopic (exact) mass is 434 g/mol. The van der Waals surface area contributed by atoms with E-state index in [0.717, 1.165) is 11.3 Å². The molecular formula is C23H19FN4O4. The molecule has 0 unspecified atom stereocenters. The van der Waals surface area contributed by atoms with Gasteiger partial charge in [-0.1, -0.05) is 12.1 Å². The molecule has 1 amide bonds. The number of fused-ring (bicyclic) bond motifs is 1. The van der Waals surface area contributed by atoms with Crippen LogP contribution >= 0.6 is 0 Å². The minimum atomic E-state index is -1.21. The highest BCUT2D eigenvalue weighted by atomic mass is 19.1. The standard InChI is InChI=1S/C23H19FN4O4/c1-32-18-4-2-14(3-5-18)13-28-21-9-15(19(24)8-16(21)12-26-28)10-22(29)27-17-6-7-25-20(11-17)23(30)31/h2-9,11-12H,10,13H2,1H3,(H,30,31)(H,25,27,29). The first kappa shape index (κ1) is 21.0. The lowest BCUT2D eigenvalue weighted by Crippen LogP contribution is -2.16. The molecule has 2 aromatic heterocycles. The molecule has 0 bridgehead atoms. The molecule has 0 spiro atoms. The van der Waals surface area contributed by atoms with Gasteiger partial charge in [0.05, 0.1) is 31.8 Å². The Hall–Kier alpha value is -4.27. The number of carboxylic acids is 1. The molecule has 2 aromatic carbocycles. The molecule has 8 nitrogen and oxygen atoms in total. The van der Waals surface area contributed by atoms with E-state index in [4.69, 9.17) is 9.84 Å². The molecular weight excluding hydrogens is 415 g/mol. The van der Waals surface area contributed by atoms with E-state index >= 15 is 0 Å². The molecule has 0 aliphatic rings. The second-order valence-electron chi connectivity index (χ2n) is 7.11. The van der Waals surface area contributed by atoms with E-state index in [1.165, 1.54) is 24.4 Å². The van der Waals surface area contributed by atoms with Gasteiger partial charge in [0.1, 0.15) is 17.3 Å². The average molecular weight is 434 g/mol. The highest BCUT2D eigenvalue weighted by Crippen LogP contribution is 2.22. The first-order valence-corrected chi connectivity index (χ1v) is 9.69. The fraction of sp³-hybridized carbons (Fsp3) is 0.130. The number of halogens is 1. The first-order chi connectivity index (χ1) is 15.4. The molecule has 2 N–H and O–H groups in total. The maximum Gasteiger partial charge on any atom is 0.354 e. The van der Waals surface area contributed by atoms with Gasteiger partial charge in [0.2, 0.25) is 5.91 Å². The van der Waals surface area contributed by atoms with E-state index < -0.39 is 17.7 Å². The highest BCUT2D eigenvalue weighted by Gasteiger charge is 2.14. The zero-order valence-corrected chi connectivity index (χ0v) is 17.1. The van der Waals surface area contributed by atoms with Crippen molar-refractivity contribution in [3.8, 4) is 5.75 Å². The van der Waals surface area contributed by atoms with Crippen molar-refractivity contribution in [1.29, 1.82) is 0 Å². The number of amides is 1. The molecule has 4 rings (SSSR count). The summed E-state index contributed by atoms with van der Waals surface area (Å²) >= 11 is 0. The van der Waals surface area contributed by atoms with Crippen LogP contribution in [0.1, 0.15) is 21.6 Å². The number of nitrogens with one attached hydrogen (secondary N) is 1. The van der Waals surface area contributed by atoms with Gasteiger partial charge in [-0.05, 0) is 47.5 Å². The number of carbonyl (C=O) groups excluding carboxylic acids is 1. The molecule has 0 saturated heterocycles. The molecule has 0 fully saturated rings. The first-order valence-electron chi connectivity index (χ1n) is 9.69. The maximum absolute atomic E-state index is 14.6. The van der Waals surface area contributed by atoms with E-state index in [9.17, 15) is 14.0 Å². The van der Waals surface area contributed by atoms with Crippen molar-refractivity contribution in [2.24, 2.45) is 0 Å². The van der Waals surface area contributed by atoms with Crippen molar-refractivity contribution in [1.82, 2.24) is 14.8 Å². The van der Waals surface area contributed by atoms with Crippen LogP contribution in [-0.2, 0) is 17.8 Å². The summed E-state index contributed by atoms with van der Waals surface area (Å²) in [4.78, 5) is 27.2. The number of ether oxygens (including phenoxy) is 1. The van der Waals surface area contributed by atoms with Gasteiger partial charge in [0.25, 0.3) is 0 Å². The summed E-state index contributed by atoms with van der Waals surface area (Å²) < 4.78 is 21.5. The van der Waals surface area contributed by atoms with Gasteiger partial charge in [0.15, 0.2) is 0 Å². The third-order valence-corrected chi connectivity index (χ3v) is 4.92. The Labute approximate surface area is 182 Å². The number of aromatic nitrogens is 3. The maximum atomic E-state index is 14.6. The zero-order valence-electron chi connectivity index (χ0n) is 17.1. The SMILES string of the molecule is COc1ccc(Cn2ncc3cc(F)c(CC(=O)Nc4ccnc(C(=O)O)c4)cc32)cc1. The number of rotatable bonds is 7. The fourth-order valence-electron chi connectivity index (χ4n) is 3.31. The Balaban J connectivity index is 1.54. The molecule has 0 aliphatic carbocycles. The van der Waals surface area contributed by atoms with Crippen LogP contribution in [0.2, 0.25) is 0 Å². The van der Waals surface area contributed by atoms with Crippen LogP contribution in [0.15, 0.2) is 60.9 Å². The summed E-state index contributed by atoms with van der Waals surface area (Å²) in [5.74, 6) is -1.45. The topological polar surface area (TPSA) is 106 Å². The summed E-state index contributed by atoms with van der Waals surface area (Å²) in [6, 6.07) is 13.2. The number of methoxy groups -OCH3 is 1. The van der Waals surface area contributed by atoms with Gasteiger partial charge in [-0.25, -0.2) is 14.2 Å². The molecule has 0 atom stereocenters. The number of benzene rings is 2. The molecule has 4 aromatic rings. The number of aromatic carboxylic acids is 1. The number of carboxylic acid groups (broad SMARTS) is 1. The minimum absolute atomic E-state index is 0.196. The van der Waals surface area contributed by atoms with Gasteiger partial charge in [0, 0.05) is 17.3 Å². The average Bonchev–Trinajstić information content (AvgIpc) is 3.15. The number of carbonyl (C=O) groups is 2. The van der Waals surface area contributed by atoms with Gasteiger partial charge in [-0.2, -0.15) is 5.10 Å². The largest absolute Gasteiger partial charge is 0.497 e. The van der Waals surface area contributed by atoms with Crippen LogP contribution in [0.3, 0.4) is 0 Å². The normalized spacial score (nSPS) is 10.8. The van der Waals surface area contributed by atoms with E-state index in [0.29, 0.717) is 17.4 Å². The smallest absolute Gasteiger partial charge is 0.354 e. The van der Waals surface area contributed by atoms with Crippen molar-refractivity contribution < 1.29 is 23.8 Å². The summed E-state index contributed by atoms with van der Waals surface area (Å²) in [5.41, 5.74) is 1.97. The molecule has 9 heteroatoms. The summed E-state index contributed by atoms with van der Waals surface area (Å²) in [6.07, 6.45) is 2.64. The zero-order chi connectivity index (χ0) is 22.7. The number of nitrogens with zero attached hydrogens (tertiary/aromatic N) is 3. The van der Waals surface area contributed by atoms with Crippen LogP contribution < -0.4 is 10.1 Å². The number of hydrogen-bond acceptors (Lipinski definition) is 5. The van der Waals surface area contributed by atoms with Crippen LogP contribution in [-0.4, -0.2) is 38.9 Å². The van der Waals surface area contributed by atoms with Crippen LogP contribution in [0, 0.1) is 5.82 Å². The van der Waals surface area contributed by atoms with Gasteiger partial charge in [-0.15, -0.1) is 0 Å². The highest BCUT2D eigenvalue weighted by molar-refractivity contribution is 5.94. The van der Waals surface area contributed by atoms with Gasteiger partial charge in [-0.3, -0.25) is 9.48 Å². The molecule has 0 aliphatic heterocycles. The quantitative estimate of drug-likeness (QED) is 0.461. The Kier molecular flexibility index (Phi) is 5.80. The second kappa shape index (κ2) is 8.84. The Bertz CT molecular complexity index is 1300. The lowest BCUT2D eigenvalue weighted by molar-refractivity contribution is -0.115. The lowest BCUT2D eigenvalue weighted by atomic mass is 10.1. The predicted octanol–water partition coefficient (Wildman–Crippen LogP) is 3.51. The third kappa shape index (κ3) is 4.56. The third-order valence-electron chi connectivity index (χ3n) is 4.92. The Morgan fingerprint density at radius 1 is 1.16 bits per heavy atom. The summed E-state index contributed by atoms with van der Waals surface area (Å²) in [6.45, 7) is 0.472. The molecule has 32 heavy (non-hydrogen) atoms. The van der Waals surface area contributed by atoms with Crippen molar-refractivity contribution in [2.45, 2.75) is 13.0 Å². The Morgan fingerprint density at radius 2 is 1.94 bits per heavy atom. The number of pyridine rings is 1. The predicted molar refractivity (Wildman–Crippen MR) is 115 cm³/mol. The Morgan fingerprint density at radius 3 is 2.66 bits per heavy atom. The van der Waals surface area contributed by atoms with Crippen molar-refractivity contribution in [3.05, 3.63) is 83.6 Å². The van der Waals surface area contributed by atoms with Crippen molar-refractivity contribution >= 4 is 28.5 Å². The molecule has 2 heterocycles. The minimum Gasteiger partial charge on any atom is -0.497 e. The van der Waals surface area contributed by atoms with Crippen LogP contribution in [0.4, 0.5) is 10.1 Å². The molecule has 0 radical (unpaired) electrons. The van der Waals surface area contributed by atoms with Crippen LogP contribution in [0.5, 0.6) is 5.75 Å². The fourth-order valence-corrected chi connectivity index (χ4v) is 3.31. The molecule has 0 saturated carbocycles. The van der Waals surface area contributed by atoms with E-state index in [1.54, 1.807) is 24.1 Å². The van der Waals surface area contributed by atoms with Gasteiger partial charge >= 0.3 is 5.97 Å². The second-order valence-corrected chi connectivity index (χ2v) is 7.11. The van der Waals surface area contributed by atoms with Gasteiger partial charge < -0.3 is 15.2 Å². The lowest BCUT2D eigenvalue weighted by Gasteiger charge is -2.09. The van der Waals surface area contributed by atoms with Crippen molar-refractivity contribution in [3.63, 3.8) is 0 Å². The van der Waals surface area contributed by atoms with E-state index in [1.807, 2.05) is 24.3 Å². The van der Waals surface area contributed by atoms with E-state index in [2.05, 4.69) is 15.4 Å². The van der Waals surface area contributed by atoms with Crippen molar-refractivity contribution in [2.75, 3.05) is 12.4 Å². The van der Waals surface area contributed by atoms with E-state index in [-0.39, 0.29) is 23.4 Å². The number of anilines is 1.